The van der Waals surface area contributed by atoms with E-state index in [1.165, 1.54) is 17.2 Å². The minimum atomic E-state index is -0.363. The molecule has 2 heterocycles. The number of nitrogens with zero attached hydrogens (tertiary/aromatic N) is 5. The molecule has 0 saturated carbocycles. The number of nitrogens with one attached hydrogen (secondary N) is 1. The van der Waals surface area contributed by atoms with Crippen LogP contribution in [0.3, 0.4) is 0 Å². The second-order valence-electron chi connectivity index (χ2n) is 3.04. The Morgan fingerprint density at radius 1 is 1.44 bits per heavy atom. The van der Waals surface area contributed by atoms with Crippen LogP contribution in [0.25, 0.3) is 0 Å². The predicted octanol–water partition coefficient (Wildman–Crippen LogP) is -0.482. The van der Waals surface area contributed by atoms with Gasteiger partial charge in [-0.15, -0.1) is 0 Å². The van der Waals surface area contributed by atoms with Gasteiger partial charge in [0.05, 0.1) is 12.2 Å². The van der Waals surface area contributed by atoms with Gasteiger partial charge in [0.25, 0.3) is 0 Å². The van der Waals surface area contributed by atoms with Crippen molar-refractivity contribution in [3.63, 3.8) is 0 Å². The third-order valence-electron chi connectivity index (χ3n) is 1.97. The molecular formula is C9H10N6O. The SMILES string of the molecule is CNc1ncn(Cc2ccncn2)c(=O)n1. The Labute approximate surface area is 91.2 Å². The molecule has 0 aliphatic carbocycles. The molecule has 16 heavy (non-hydrogen) atoms. The van der Waals surface area contributed by atoms with E-state index in [2.05, 4.69) is 25.3 Å². The fourth-order valence-electron chi connectivity index (χ4n) is 1.17. The summed E-state index contributed by atoms with van der Waals surface area (Å²) in [5.74, 6) is 0.309. The van der Waals surface area contributed by atoms with Gasteiger partial charge in [0.15, 0.2) is 0 Å². The summed E-state index contributed by atoms with van der Waals surface area (Å²) in [4.78, 5) is 27.0. The van der Waals surface area contributed by atoms with Crippen LogP contribution in [-0.2, 0) is 6.54 Å². The standard InChI is InChI=1S/C9H10N6O/c1-10-8-13-6-15(9(16)14-8)4-7-2-3-11-5-12-7/h2-3,5-6H,4H2,1H3,(H,10,14,16). The van der Waals surface area contributed by atoms with Gasteiger partial charge < -0.3 is 5.32 Å². The molecule has 0 aliphatic heterocycles. The van der Waals surface area contributed by atoms with Crippen LogP contribution in [0, 0.1) is 0 Å². The molecule has 7 nitrogen and oxygen atoms in total. The maximum absolute atomic E-state index is 11.5. The van der Waals surface area contributed by atoms with Crippen molar-refractivity contribution in [3.05, 3.63) is 41.1 Å². The summed E-state index contributed by atoms with van der Waals surface area (Å²) in [5, 5.41) is 2.70. The molecule has 0 atom stereocenters. The van der Waals surface area contributed by atoms with E-state index in [0.717, 1.165) is 5.69 Å². The number of hydrogen-bond acceptors (Lipinski definition) is 6. The Balaban J connectivity index is 2.26. The topological polar surface area (TPSA) is 85.6 Å². The van der Waals surface area contributed by atoms with Crippen molar-refractivity contribution in [1.29, 1.82) is 0 Å². The van der Waals surface area contributed by atoms with E-state index in [1.807, 2.05) is 0 Å². The van der Waals surface area contributed by atoms with Crippen molar-refractivity contribution >= 4 is 5.95 Å². The summed E-state index contributed by atoms with van der Waals surface area (Å²) >= 11 is 0. The Bertz CT molecular complexity index is 523. The molecule has 0 amide bonds. The molecule has 0 fully saturated rings. The number of rotatable bonds is 3. The van der Waals surface area contributed by atoms with Crippen molar-refractivity contribution in [2.24, 2.45) is 0 Å². The zero-order valence-corrected chi connectivity index (χ0v) is 8.66. The van der Waals surface area contributed by atoms with Gasteiger partial charge in [0.2, 0.25) is 5.95 Å². The summed E-state index contributed by atoms with van der Waals surface area (Å²) in [7, 11) is 1.66. The van der Waals surface area contributed by atoms with Crippen LogP contribution in [0.5, 0.6) is 0 Å². The number of hydrogen-bond donors (Lipinski definition) is 1. The molecule has 0 saturated heterocycles. The fourth-order valence-corrected chi connectivity index (χ4v) is 1.17. The maximum atomic E-state index is 11.5. The monoisotopic (exact) mass is 218 g/mol. The van der Waals surface area contributed by atoms with E-state index in [9.17, 15) is 4.79 Å². The maximum Gasteiger partial charge on any atom is 0.352 e. The summed E-state index contributed by atoms with van der Waals surface area (Å²) in [5.41, 5.74) is 0.371. The fraction of sp³-hybridized carbons (Fsp3) is 0.222. The Hall–Kier alpha value is -2.31. The molecule has 0 radical (unpaired) electrons. The van der Waals surface area contributed by atoms with E-state index in [4.69, 9.17) is 0 Å². The summed E-state index contributed by atoms with van der Waals surface area (Å²) in [6, 6.07) is 1.73. The molecule has 0 unspecified atom stereocenters. The highest BCUT2D eigenvalue weighted by Gasteiger charge is 2.01. The Kier molecular flexibility index (Phi) is 2.86. The first-order valence-corrected chi connectivity index (χ1v) is 4.65. The van der Waals surface area contributed by atoms with Gasteiger partial charge in [-0.3, -0.25) is 4.57 Å². The van der Waals surface area contributed by atoms with Crippen LogP contribution in [0.15, 0.2) is 29.7 Å². The molecule has 2 aromatic heterocycles. The van der Waals surface area contributed by atoms with Gasteiger partial charge >= 0.3 is 5.69 Å². The van der Waals surface area contributed by atoms with Gasteiger partial charge in [0, 0.05) is 13.2 Å². The first kappa shape index (κ1) is 10.2. The van der Waals surface area contributed by atoms with E-state index in [0.29, 0.717) is 12.5 Å². The molecule has 0 spiro atoms. The first-order valence-electron chi connectivity index (χ1n) is 4.65. The van der Waals surface area contributed by atoms with Crippen molar-refractivity contribution in [2.45, 2.75) is 6.54 Å². The lowest BCUT2D eigenvalue weighted by molar-refractivity contribution is 0.687. The van der Waals surface area contributed by atoms with Crippen LogP contribution >= 0.6 is 0 Å². The second-order valence-corrected chi connectivity index (χ2v) is 3.04. The minimum Gasteiger partial charge on any atom is -0.357 e. The van der Waals surface area contributed by atoms with E-state index < -0.39 is 0 Å². The highest BCUT2D eigenvalue weighted by Crippen LogP contribution is 1.94. The van der Waals surface area contributed by atoms with Crippen LogP contribution in [0.4, 0.5) is 5.95 Å². The molecule has 1 N–H and O–H groups in total. The van der Waals surface area contributed by atoms with E-state index in [-0.39, 0.29) is 5.69 Å². The van der Waals surface area contributed by atoms with Crippen LogP contribution in [0.1, 0.15) is 5.69 Å². The molecule has 2 rings (SSSR count). The van der Waals surface area contributed by atoms with Gasteiger partial charge in [-0.2, -0.15) is 4.98 Å². The second kappa shape index (κ2) is 4.47. The van der Waals surface area contributed by atoms with Crippen molar-refractivity contribution in [1.82, 2.24) is 24.5 Å². The number of aromatic nitrogens is 5. The van der Waals surface area contributed by atoms with Gasteiger partial charge in [0.1, 0.15) is 12.7 Å². The van der Waals surface area contributed by atoms with Crippen molar-refractivity contribution in [3.8, 4) is 0 Å². The molecule has 82 valence electrons. The average Bonchev–Trinajstić information content (AvgIpc) is 2.33. The molecule has 0 aromatic carbocycles. The lowest BCUT2D eigenvalue weighted by atomic mass is 10.4. The highest BCUT2D eigenvalue weighted by molar-refractivity contribution is 5.18. The quantitative estimate of drug-likeness (QED) is 0.748. The summed E-state index contributed by atoms with van der Waals surface area (Å²) < 4.78 is 1.38. The highest BCUT2D eigenvalue weighted by atomic mass is 16.1. The Morgan fingerprint density at radius 3 is 2.94 bits per heavy atom. The van der Waals surface area contributed by atoms with Crippen molar-refractivity contribution < 1.29 is 0 Å². The first-order chi connectivity index (χ1) is 7.79. The summed E-state index contributed by atoms with van der Waals surface area (Å²) in [6.07, 6.45) is 4.49. The van der Waals surface area contributed by atoms with E-state index >= 15 is 0 Å². The largest absolute Gasteiger partial charge is 0.357 e. The van der Waals surface area contributed by atoms with Gasteiger partial charge in [-0.25, -0.2) is 19.7 Å². The molecular weight excluding hydrogens is 208 g/mol. The third-order valence-corrected chi connectivity index (χ3v) is 1.97. The minimum absolute atomic E-state index is 0.309. The van der Waals surface area contributed by atoms with Gasteiger partial charge in [-0.05, 0) is 6.07 Å². The zero-order chi connectivity index (χ0) is 11.4. The van der Waals surface area contributed by atoms with Crippen LogP contribution in [0.2, 0.25) is 0 Å². The third kappa shape index (κ3) is 2.19. The molecule has 2 aromatic rings. The number of anilines is 1. The van der Waals surface area contributed by atoms with Crippen LogP contribution < -0.4 is 11.0 Å². The Morgan fingerprint density at radius 2 is 2.31 bits per heavy atom. The van der Waals surface area contributed by atoms with Gasteiger partial charge in [-0.1, -0.05) is 0 Å². The summed E-state index contributed by atoms with van der Waals surface area (Å²) in [6.45, 7) is 0.339. The predicted molar refractivity (Wildman–Crippen MR) is 57.0 cm³/mol. The van der Waals surface area contributed by atoms with Crippen molar-refractivity contribution in [2.75, 3.05) is 12.4 Å². The van der Waals surface area contributed by atoms with Crippen LogP contribution in [-0.4, -0.2) is 31.6 Å². The lowest BCUT2D eigenvalue weighted by Crippen LogP contribution is -2.25. The average molecular weight is 218 g/mol. The smallest absolute Gasteiger partial charge is 0.352 e. The lowest BCUT2D eigenvalue weighted by Gasteiger charge is -2.03. The molecule has 7 heteroatoms. The zero-order valence-electron chi connectivity index (χ0n) is 8.66. The molecule has 0 aliphatic rings. The molecule has 0 bridgehead atoms. The normalized spacial score (nSPS) is 10.1. The van der Waals surface area contributed by atoms with E-state index in [1.54, 1.807) is 19.3 Å².